The fraction of sp³-hybridized carbons (Fsp3) is 0.583. The van der Waals surface area contributed by atoms with Crippen LogP contribution in [0, 0.1) is 0 Å². The van der Waals surface area contributed by atoms with E-state index in [1.54, 1.807) is 11.3 Å². The standard InChI is InChI=1S/C12H18ClNOS/c1-3-12(2,6-7-13)14-11(15)9-10-5-4-8-16-10/h4-5,8H,3,6-7,9H2,1-2H3,(H,14,15). The number of carbonyl (C=O) groups excluding carboxylic acids is 1. The molecule has 1 aromatic rings. The Labute approximate surface area is 106 Å². The van der Waals surface area contributed by atoms with E-state index < -0.39 is 0 Å². The Bertz CT molecular complexity index is 326. The zero-order chi connectivity index (χ0) is 12.0. The van der Waals surface area contributed by atoms with E-state index in [0.717, 1.165) is 17.7 Å². The first kappa shape index (κ1) is 13.5. The zero-order valence-corrected chi connectivity index (χ0v) is 11.3. The van der Waals surface area contributed by atoms with Gasteiger partial charge in [0.2, 0.25) is 5.91 Å². The molecule has 16 heavy (non-hydrogen) atoms. The van der Waals surface area contributed by atoms with E-state index >= 15 is 0 Å². The van der Waals surface area contributed by atoms with Crippen LogP contribution in [0.1, 0.15) is 31.6 Å². The van der Waals surface area contributed by atoms with Crippen molar-refractivity contribution in [3.05, 3.63) is 22.4 Å². The van der Waals surface area contributed by atoms with Crippen molar-refractivity contribution < 1.29 is 4.79 Å². The van der Waals surface area contributed by atoms with Crippen LogP contribution in [-0.4, -0.2) is 17.3 Å². The topological polar surface area (TPSA) is 29.1 Å². The lowest BCUT2D eigenvalue weighted by Crippen LogP contribution is -2.46. The summed E-state index contributed by atoms with van der Waals surface area (Å²) in [6.45, 7) is 4.11. The van der Waals surface area contributed by atoms with Crippen LogP contribution in [0.4, 0.5) is 0 Å². The second kappa shape index (κ2) is 6.26. The number of alkyl halides is 1. The maximum Gasteiger partial charge on any atom is 0.225 e. The van der Waals surface area contributed by atoms with E-state index in [9.17, 15) is 4.79 Å². The van der Waals surface area contributed by atoms with Crippen LogP contribution in [0.25, 0.3) is 0 Å². The van der Waals surface area contributed by atoms with Crippen LogP contribution in [-0.2, 0) is 11.2 Å². The Balaban J connectivity index is 2.49. The lowest BCUT2D eigenvalue weighted by molar-refractivity contribution is -0.122. The Kier molecular flexibility index (Phi) is 5.29. The van der Waals surface area contributed by atoms with Gasteiger partial charge in [0.05, 0.1) is 6.42 Å². The molecule has 0 fully saturated rings. The third kappa shape index (κ3) is 4.14. The first-order valence-corrected chi connectivity index (χ1v) is 6.90. The van der Waals surface area contributed by atoms with Gasteiger partial charge in [-0.3, -0.25) is 4.79 Å². The first-order chi connectivity index (χ1) is 7.59. The minimum Gasteiger partial charge on any atom is -0.351 e. The van der Waals surface area contributed by atoms with E-state index in [0.29, 0.717) is 12.3 Å². The molecule has 1 heterocycles. The Morgan fingerprint density at radius 3 is 2.88 bits per heavy atom. The first-order valence-electron chi connectivity index (χ1n) is 5.49. The molecular weight excluding hydrogens is 242 g/mol. The van der Waals surface area contributed by atoms with Crippen molar-refractivity contribution in [1.82, 2.24) is 5.32 Å². The highest BCUT2D eigenvalue weighted by Crippen LogP contribution is 2.16. The van der Waals surface area contributed by atoms with Crippen LogP contribution >= 0.6 is 22.9 Å². The summed E-state index contributed by atoms with van der Waals surface area (Å²) in [5.41, 5.74) is -0.171. The van der Waals surface area contributed by atoms with Gasteiger partial charge in [-0.1, -0.05) is 13.0 Å². The SMILES string of the molecule is CCC(C)(CCCl)NC(=O)Cc1cccs1. The third-order valence-electron chi connectivity index (χ3n) is 2.78. The number of hydrogen-bond acceptors (Lipinski definition) is 2. The summed E-state index contributed by atoms with van der Waals surface area (Å²) < 4.78 is 0. The molecule has 1 amide bonds. The van der Waals surface area contributed by atoms with E-state index in [2.05, 4.69) is 12.2 Å². The van der Waals surface area contributed by atoms with Gasteiger partial charge in [0.25, 0.3) is 0 Å². The summed E-state index contributed by atoms with van der Waals surface area (Å²) in [5, 5.41) is 5.05. The molecule has 0 spiro atoms. The molecule has 1 atom stereocenters. The second-order valence-corrected chi connectivity index (χ2v) is 5.57. The predicted molar refractivity (Wildman–Crippen MR) is 70.2 cm³/mol. The summed E-state index contributed by atoms with van der Waals surface area (Å²) in [7, 11) is 0. The van der Waals surface area contributed by atoms with Gasteiger partial charge in [0.15, 0.2) is 0 Å². The Morgan fingerprint density at radius 2 is 2.38 bits per heavy atom. The molecule has 1 unspecified atom stereocenters. The van der Waals surface area contributed by atoms with E-state index in [1.807, 2.05) is 24.4 Å². The van der Waals surface area contributed by atoms with Gasteiger partial charge in [0, 0.05) is 16.3 Å². The Morgan fingerprint density at radius 1 is 1.62 bits per heavy atom. The molecule has 1 aromatic heterocycles. The largest absolute Gasteiger partial charge is 0.351 e. The highest BCUT2D eigenvalue weighted by molar-refractivity contribution is 7.10. The molecule has 0 saturated carbocycles. The molecular formula is C12H18ClNOS. The van der Waals surface area contributed by atoms with Gasteiger partial charge in [-0.05, 0) is 31.2 Å². The third-order valence-corrected chi connectivity index (χ3v) is 3.85. The molecule has 0 aliphatic carbocycles. The molecule has 0 saturated heterocycles. The molecule has 0 aliphatic rings. The Hall–Kier alpha value is -0.540. The highest BCUT2D eigenvalue weighted by Gasteiger charge is 2.23. The molecule has 2 nitrogen and oxygen atoms in total. The maximum absolute atomic E-state index is 11.8. The van der Waals surface area contributed by atoms with Crippen LogP contribution < -0.4 is 5.32 Å². The summed E-state index contributed by atoms with van der Waals surface area (Å²) in [6, 6.07) is 3.94. The molecule has 0 bridgehead atoms. The van der Waals surface area contributed by atoms with Crippen molar-refractivity contribution in [1.29, 1.82) is 0 Å². The summed E-state index contributed by atoms with van der Waals surface area (Å²) in [5.74, 6) is 0.654. The van der Waals surface area contributed by atoms with Gasteiger partial charge in [-0.15, -0.1) is 22.9 Å². The van der Waals surface area contributed by atoms with Crippen LogP contribution in [0.15, 0.2) is 17.5 Å². The van der Waals surface area contributed by atoms with Crippen molar-refractivity contribution in [2.45, 2.75) is 38.6 Å². The van der Waals surface area contributed by atoms with Crippen molar-refractivity contribution >= 4 is 28.8 Å². The monoisotopic (exact) mass is 259 g/mol. The van der Waals surface area contributed by atoms with Crippen molar-refractivity contribution in [2.24, 2.45) is 0 Å². The minimum atomic E-state index is -0.171. The van der Waals surface area contributed by atoms with E-state index in [1.165, 1.54) is 0 Å². The second-order valence-electron chi connectivity index (χ2n) is 4.16. The molecule has 0 aliphatic heterocycles. The number of amides is 1. The molecule has 1 rings (SSSR count). The van der Waals surface area contributed by atoms with Crippen molar-refractivity contribution in [2.75, 3.05) is 5.88 Å². The van der Waals surface area contributed by atoms with E-state index in [-0.39, 0.29) is 11.4 Å². The fourth-order valence-electron chi connectivity index (χ4n) is 1.49. The normalized spacial score (nSPS) is 14.4. The summed E-state index contributed by atoms with van der Waals surface area (Å²) >= 11 is 7.35. The highest BCUT2D eigenvalue weighted by atomic mass is 35.5. The lowest BCUT2D eigenvalue weighted by Gasteiger charge is -2.28. The smallest absolute Gasteiger partial charge is 0.225 e. The van der Waals surface area contributed by atoms with Gasteiger partial charge >= 0.3 is 0 Å². The summed E-state index contributed by atoms with van der Waals surface area (Å²) in [6.07, 6.45) is 2.17. The fourth-order valence-corrected chi connectivity index (χ4v) is 2.61. The number of rotatable bonds is 6. The van der Waals surface area contributed by atoms with Crippen LogP contribution in [0.3, 0.4) is 0 Å². The minimum absolute atomic E-state index is 0.0805. The van der Waals surface area contributed by atoms with Crippen LogP contribution in [0.2, 0.25) is 0 Å². The molecule has 4 heteroatoms. The quantitative estimate of drug-likeness (QED) is 0.781. The van der Waals surface area contributed by atoms with Gasteiger partial charge in [-0.25, -0.2) is 0 Å². The molecule has 0 aromatic carbocycles. The zero-order valence-electron chi connectivity index (χ0n) is 9.75. The lowest BCUT2D eigenvalue weighted by atomic mass is 9.95. The van der Waals surface area contributed by atoms with Crippen molar-refractivity contribution in [3.63, 3.8) is 0 Å². The molecule has 1 N–H and O–H groups in total. The van der Waals surface area contributed by atoms with E-state index in [4.69, 9.17) is 11.6 Å². The maximum atomic E-state index is 11.8. The predicted octanol–water partition coefficient (Wildman–Crippen LogP) is 3.20. The summed E-state index contributed by atoms with van der Waals surface area (Å²) in [4.78, 5) is 12.9. The number of halogens is 1. The van der Waals surface area contributed by atoms with Gasteiger partial charge in [0.1, 0.15) is 0 Å². The average Bonchev–Trinajstić information content (AvgIpc) is 2.70. The van der Waals surface area contributed by atoms with Gasteiger partial charge < -0.3 is 5.32 Å². The number of nitrogens with one attached hydrogen (secondary N) is 1. The van der Waals surface area contributed by atoms with Crippen molar-refractivity contribution in [3.8, 4) is 0 Å². The number of thiophene rings is 1. The van der Waals surface area contributed by atoms with Crippen LogP contribution in [0.5, 0.6) is 0 Å². The molecule has 90 valence electrons. The number of carbonyl (C=O) groups is 1. The van der Waals surface area contributed by atoms with Gasteiger partial charge in [-0.2, -0.15) is 0 Å². The molecule has 0 radical (unpaired) electrons. The average molecular weight is 260 g/mol. The number of hydrogen-bond donors (Lipinski definition) is 1.